The predicted molar refractivity (Wildman–Crippen MR) is 71.0 cm³/mol. The van der Waals surface area contributed by atoms with Gasteiger partial charge in [-0.3, -0.25) is 4.79 Å². The van der Waals surface area contributed by atoms with Crippen LogP contribution >= 0.6 is 0 Å². The highest BCUT2D eigenvalue weighted by Gasteiger charge is 2.13. The molecule has 0 saturated carbocycles. The summed E-state index contributed by atoms with van der Waals surface area (Å²) < 4.78 is 14.0. The third-order valence-electron chi connectivity index (χ3n) is 2.90. The Labute approximate surface area is 110 Å². The van der Waals surface area contributed by atoms with Gasteiger partial charge in [0.05, 0.1) is 6.42 Å². The molecule has 3 N–H and O–H groups in total. The minimum absolute atomic E-state index is 0.218. The molecular weight excluding hydrogens is 245 g/mol. The van der Waals surface area contributed by atoms with Gasteiger partial charge in [-0.1, -0.05) is 42.5 Å². The van der Waals surface area contributed by atoms with Crippen LogP contribution in [0, 0.1) is 5.82 Å². The van der Waals surface area contributed by atoms with E-state index in [9.17, 15) is 9.18 Å². The summed E-state index contributed by atoms with van der Waals surface area (Å²) >= 11 is 0. The Morgan fingerprint density at radius 2 is 1.89 bits per heavy atom. The van der Waals surface area contributed by atoms with Crippen molar-refractivity contribution in [3.63, 3.8) is 0 Å². The van der Waals surface area contributed by atoms with E-state index in [1.165, 1.54) is 6.07 Å². The highest BCUT2D eigenvalue weighted by atomic mass is 19.1. The van der Waals surface area contributed by atoms with Gasteiger partial charge in [-0.15, -0.1) is 0 Å². The van der Waals surface area contributed by atoms with Crippen molar-refractivity contribution < 1.29 is 14.3 Å². The van der Waals surface area contributed by atoms with Crippen LogP contribution in [0.15, 0.2) is 48.5 Å². The fourth-order valence-electron chi connectivity index (χ4n) is 1.92. The zero-order valence-electron chi connectivity index (χ0n) is 10.2. The zero-order valence-corrected chi connectivity index (χ0v) is 10.2. The minimum Gasteiger partial charge on any atom is -0.481 e. The van der Waals surface area contributed by atoms with E-state index in [2.05, 4.69) is 0 Å². The molecule has 0 spiro atoms. The first-order chi connectivity index (χ1) is 9.08. The van der Waals surface area contributed by atoms with Gasteiger partial charge in [0, 0.05) is 11.6 Å². The van der Waals surface area contributed by atoms with Gasteiger partial charge in [-0.25, -0.2) is 4.39 Å². The van der Waals surface area contributed by atoms with Crippen molar-refractivity contribution in [1.29, 1.82) is 0 Å². The van der Waals surface area contributed by atoms with Crippen LogP contribution in [-0.4, -0.2) is 11.1 Å². The average Bonchev–Trinajstić information content (AvgIpc) is 2.38. The number of hydrogen-bond donors (Lipinski definition) is 2. The molecule has 0 aliphatic carbocycles. The second-order valence-corrected chi connectivity index (χ2v) is 4.31. The fourth-order valence-corrected chi connectivity index (χ4v) is 1.92. The van der Waals surface area contributed by atoms with Gasteiger partial charge in [0.25, 0.3) is 0 Å². The maximum absolute atomic E-state index is 14.0. The number of carboxylic acids is 1. The molecule has 0 heterocycles. The van der Waals surface area contributed by atoms with E-state index in [1.54, 1.807) is 12.1 Å². The summed E-state index contributed by atoms with van der Waals surface area (Å²) in [5.74, 6) is -1.40. The van der Waals surface area contributed by atoms with E-state index in [1.807, 2.05) is 30.3 Å². The van der Waals surface area contributed by atoms with Crippen LogP contribution < -0.4 is 5.73 Å². The SMILES string of the molecule is NC(CC(=O)O)c1ccc(-c2ccccc2)c(F)c1. The summed E-state index contributed by atoms with van der Waals surface area (Å²) in [6.45, 7) is 0. The van der Waals surface area contributed by atoms with Crippen molar-refractivity contribution in [3.8, 4) is 11.1 Å². The van der Waals surface area contributed by atoms with Crippen molar-refractivity contribution in [2.75, 3.05) is 0 Å². The lowest BCUT2D eigenvalue weighted by atomic mass is 9.99. The molecule has 98 valence electrons. The second-order valence-electron chi connectivity index (χ2n) is 4.31. The molecule has 2 aromatic carbocycles. The van der Waals surface area contributed by atoms with Crippen LogP contribution in [-0.2, 0) is 4.79 Å². The van der Waals surface area contributed by atoms with E-state index in [0.717, 1.165) is 5.56 Å². The van der Waals surface area contributed by atoms with Crippen molar-refractivity contribution in [2.24, 2.45) is 5.73 Å². The largest absolute Gasteiger partial charge is 0.481 e. The Balaban J connectivity index is 2.30. The van der Waals surface area contributed by atoms with Crippen molar-refractivity contribution >= 4 is 5.97 Å². The molecule has 0 saturated heterocycles. The molecule has 0 amide bonds. The van der Waals surface area contributed by atoms with Crippen molar-refractivity contribution in [3.05, 3.63) is 59.9 Å². The van der Waals surface area contributed by atoms with Crippen molar-refractivity contribution in [2.45, 2.75) is 12.5 Å². The maximum atomic E-state index is 14.0. The van der Waals surface area contributed by atoms with Gasteiger partial charge in [-0.05, 0) is 17.2 Å². The predicted octanol–water partition coefficient (Wildman–Crippen LogP) is 2.97. The molecule has 1 unspecified atom stereocenters. The number of aliphatic carboxylic acids is 1. The highest BCUT2D eigenvalue weighted by Crippen LogP contribution is 2.25. The smallest absolute Gasteiger partial charge is 0.305 e. The lowest BCUT2D eigenvalue weighted by Crippen LogP contribution is -2.15. The van der Waals surface area contributed by atoms with Gasteiger partial charge in [0.1, 0.15) is 5.82 Å². The zero-order chi connectivity index (χ0) is 13.8. The number of nitrogens with two attached hydrogens (primary N) is 1. The van der Waals surface area contributed by atoms with Crippen LogP contribution in [0.4, 0.5) is 4.39 Å². The van der Waals surface area contributed by atoms with E-state index in [0.29, 0.717) is 11.1 Å². The summed E-state index contributed by atoms with van der Waals surface area (Å²) in [6.07, 6.45) is -0.218. The quantitative estimate of drug-likeness (QED) is 0.887. The van der Waals surface area contributed by atoms with Gasteiger partial charge in [0.2, 0.25) is 0 Å². The maximum Gasteiger partial charge on any atom is 0.305 e. The summed E-state index contributed by atoms with van der Waals surface area (Å²) in [7, 11) is 0. The number of benzene rings is 2. The Bertz CT molecular complexity index is 584. The molecular formula is C15H14FNO2. The van der Waals surface area contributed by atoms with Crippen LogP contribution in [0.2, 0.25) is 0 Å². The first-order valence-corrected chi connectivity index (χ1v) is 5.90. The summed E-state index contributed by atoms with van der Waals surface area (Å²) in [6, 6.07) is 13.1. The monoisotopic (exact) mass is 259 g/mol. The summed E-state index contributed by atoms with van der Waals surface area (Å²) in [5.41, 5.74) is 7.45. The first-order valence-electron chi connectivity index (χ1n) is 5.90. The van der Waals surface area contributed by atoms with Gasteiger partial charge in [0.15, 0.2) is 0 Å². The lowest BCUT2D eigenvalue weighted by Gasteiger charge is -2.11. The van der Waals surface area contributed by atoms with Crippen LogP contribution in [0.5, 0.6) is 0 Å². The molecule has 2 rings (SSSR count). The molecule has 19 heavy (non-hydrogen) atoms. The molecule has 0 aliphatic rings. The Morgan fingerprint density at radius 3 is 2.47 bits per heavy atom. The number of hydrogen-bond acceptors (Lipinski definition) is 2. The van der Waals surface area contributed by atoms with Gasteiger partial charge < -0.3 is 10.8 Å². The third-order valence-corrected chi connectivity index (χ3v) is 2.90. The van der Waals surface area contributed by atoms with E-state index in [4.69, 9.17) is 10.8 Å². The molecule has 4 heteroatoms. The molecule has 0 fully saturated rings. The average molecular weight is 259 g/mol. The van der Waals surface area contributed by atoms with E-state index >= 15 is 0 Å². The van der Waals surface area contributed by atoms with Crippen LogP contribution in [0.3, 0.4) is 0 Å². The molecule has 0 aliphatic heterocycles. The number of carbonyl (C=O) groups is 1. The second kappa shape index (κ2) is 5.63. The molecule has 2 aromatic rings. The standard InChI is InChI=1S/C15H14FNO2/c16-13-8-11(14(17)9-15(18)19)6-7-12(13)10-4-2-1-3-5-10/h1-8,14H,9,17H2,(H,18,19). The molecule has 0 radical (unpaired) electrons. The third kappa shape index (κ3) is 3.17. The highest BCUT2D eigenvalue weighted by molar-refractivity contribution is 5.68. The van der Waals surface area contributed by atoms with E-state index < -0.39 is 17.8 Å². The summed E-state index contributed by atoms with van der Waals surface area (Å²) in [4.78, 5) is 10.6. The molecule has 0 aromatic heterocycles. The topological polar surface area (TPSA) is 63.3 Å². The van der Waals surface area contributed by atoms with E-state index in [-0.39, 0.29) is 6.42 Å². The fraction of sp³-hybridized carbons (Fsp3) is 0.133. The Hall–Kier alpha value is -2.20. The van der Waals surface area contributed by atoms with Crippen LogP contribution in [0.25, 0.3) is 11.1 Å². The Morgan fingerprint density at radius 1 is 1.21 bits per heavy atom. The van der Waals surface area contributed by atoms with Gasteiger partial charge in [-0.2, -0.15) is 0 Å². The molecule has 1 atom stereocenters. The van der Waals surface area contributed by atoms with Crippen molar-refractivity contribution in [1.82, 2.24) is 0 Å². The Kier molecular flexibility index (Phi) is 3.92. The molecule has 0 bridgehead atoms. The first kappa shape index (κ1) is 13.2. The van der Waals surface area contributed by atoms with Crippen LogP contribution in [0.1, 0.15) is 18.0 Å². The normalized spacial score (nSPS) is 12.1. The number of rotatable bonds is 4. The minimum atomic E-state index is -1.000. The number of carboxylic acid groups (broad SMARTS) is 1. The molecule has 3 nitrogen and oxygen atoms in total. The number of halogens is 1. The summed E-state index contributed by atoms with van der Waals surface area (Å²) in [5, 5.41) is 8.67. The lowest BCUT2D eigenvalue weighted by molar-refractivity contribution is -0.137. The van der Waals surface area contributed by atoms with Gasteiger partial charge >= 0.3 is 5.97 Å².